The van der Waals surface area contributed by atoms with E-state index in [4.69, 9.17) is 0 Å². The van der Waals surface area contributed by atoms with Crippen molar-refractivity contribution in [2.45, 2.75) is 13.0 Å². The van der Waals surface area contributed by atoms with Crippen LogP contribution in [-0.2, 0) is 0 Å². The molecular formula is C22H17NO2. The molecule has 1 heterocycles. The highest BCUT2D eigenvalue weighted by Crippen LogP contribution is 2.39. The summed E-state index contributed by atoms with van der Waals surface area (Å²) in [6, 6.07) is 23.6. The van der Waals surface area contributed by atoms with Crippen molar-refractivity contribution in [3.63, 3.8) is 0 Å². The van der Waals surface area contributed by atoms with Gasteiger partial charge in [-0.3, -0.25) is 14.5 Å². The van der Waals surface area contributed by atoms with Crippen LogP contribution in [0, 0.1) is 6.92 Å². The molecule has 0 saturated heterocycles. The molecular weight excluding hydrogens is 310 g/mol. The molecule has 0 bridgehead atoms. The van der Waals surface area contributed by atoms with E-state index in [2.05, 4.69) is 0 Å². The van der Waals surface area contributed by atoms with Gasteiger partial charge in [0.15, 0.2) is 5.78 Å². The summed E-state index contributed by atoms with van der Waals surface area (Å²) in [4.78, 5) is 27.8. The number of benzene rings is 3. The third kappa shape index (κ3) is 2.54. The summed E-state index contributed by atoms with van der Waals surface area (Å²) in [5.74, 6) is -0.200. The molecule has 0 radical (unpaired) electrons. The van der Waals surface area contributed by atoms with Crippen LogP contribution in [0.3, 0.4) is 0 Å². The maximum atomic E-state index is 13.3. The van der Waals surface area contributed by atoms with Crippen molar-refractivity contribution >= 4 is 17.4 Å². The summed E-state index contributed by atoms with van der Waals surface area (Å²) in [7, 11) is 0. The first-order valence-corrected chi connectivity index (χ1v) is 8.25. The molecule has 1 aliphatic heterocycles. The van der Waals surface area contributed by atoms with Crippen molar-refractivity contribution in [2.75, 3.05) is 4.90 Å². The summed E-state index contributed by atoms with van der Waals surface area (Å²) in [5, 5.41) is 0. The van der Waals surface area contributed by atoms with Gasteiger partial charge in [-0.2, -0.15) is 0 Å². The molecule has 0 N–H and O–H groups in total. The number of fused-ring (bicyclic) bond motifs is 1. The van der Waals surface area contributed by atoms with Crippen molar-refractivity contribution in [1.29, 1.82) is 0 Å². The van der Waals surface area contributed by atoms with Crippen LogP contribution < -0.4 is 4.90 Å². The Hall–Kier alpha value is -3.20. The van der Waals surface area contributed by atoms with E-state index in [0.717, 1.165) is 16.8 Å². The number of carbonyl (C=O) groups is 2. The number of anilines is 1. The van der Waals surface area contributed by atoms with Crippen LogP contribution in [0.5, 0.6) is 0 Å². The minimum Gasteiger partial charge on any atom is -0.293 e. The summed E-state index contributed by atoms with van der Waals surface area (Å²) in [5.41, 5.74) is 3.80. The van der Waals surface area contributed by atoms with Crippen molar-refractivity contribution in [3.8, 4) is 0 Å². The summed E-state index contributed by atoms with van der Waals surface area (Å²) in [6.07, 6.45) is 0. The predicted molar refractivity (Wildman–Crippen MR) is 97.9 cm³/mol. The van der Waals surface area contributed by atoms with Gasteiger partial charge >= 0.3 is 0 Å². The number of hydrogen-bond donors (Lipinski definition) is 0. The average Bonchev–Trinajstić information content (AvgIpc) is 2.95. The fourth-order valence-electron chi connectivity index (χ4n) is 3.31. The first kappa shape index (κ1) is 15.3. The number of amides is 1. The highest BCUT2D eigenvalue weighted by atomic mass is 16.2. The van der Waals surface area contributed by atoms with Gasteiger partial charge in [0.25, 0.3) is 5.91 Å². The van der Waals surface area contributed by atoms with Gasteiger partial charge in [0.05, 0.1) is 0 Å². The Balaban J connectivity index is 1.85. The molecule has 0 aromatic heterocycles. The van der Waals surface area contributed by atoms with Gasteiger partial charge in [0, 0.05) is 16.8 Å². The lowest BCUT2D eigenvalue weighted by molar-refractivity contribution is 0.0916. The van der Waals surface area contributed by atoms with E-state index in [-0.39, 0.29) is 11.7 Å². The van der Waals surface area contributed by atoms with E-state index in [1.165, 1.54) is 0 Å². The Morgan fingerprint density at radius 2 is 1.48 bits per heavy atom. The number of carbonyl (C=O) groups excluding carboxylic acids is 2. The minimum absolute atomic E-state index is 0.0675. The molecule has 0 spiro atoms. The molecule has 4 rings (SSSR count). The Bertz CT molecular complexity index is 945. The van der Waals surface area contributed by atoms with Gasteiger partial charge in [-0.1, -0.05) is 66.2 Å². The standard InChI is InChI=1S/C22H17NO2/c1-15-11-13-16(14-12-15)21(24)20-18-9-5-6-10-19(18)22(25)23(20)17-7-3-2-4-8-17/h2-14,20H,1H3. The van der Waals surface area contributed by atoms with Crippen molar-refractivity contribution in [1.82, 2.24) is 0 Å². The molecule has 1 unspecified atom stereocenters. The van der Waals surface area contributed by atoms with Crippen LogP contribution in [0.25, 0.3) is 0 Å². The normalized spacial score (nSPS) is 16.0. The lowest BCUT2D eigenvalue weighted by atomic mass is 9.96. The third-order valence-electron chi connectivity index (χ3n) is 4.58. The fourth-order valence-corrected chi connectivity index (χ4v) is 3.31. The number of Topliss-reactive ketones (excluding diaryl/α,β-unsaturated/α-hetero) is 1. The van der Waals surface area contributed by atoms with E-state index < -0.39 is 6.04 Å². The first-order chi connectivity index (χ1) is 12.2. The van der Waals surface area contributed by atoms with Gasteiger partial charge in [-0.15, -0.1) is 0 Å². The van der Waals surface area contributed by atoms with E-state index in [1.807, 2.05) is 79.7 Å². The van der Waals surface area contributed by atoms with E-state index in [9.17, 15) is 9.59 Å². The van der Waals surface area contributed by atoms with Gasteiger partial charge in [0.1, 0.15) is 6.04 Å². The number of para-hydroxylation sites is 1. The van der Waals surface area contributed by atoms with Crippen molar-refractivity contribution in [2.24, 2.45) is 0 Å². The number of nitrogens with zero attached hydrogens (tertiary/aromatic N) is 1. The van der Waals surface area contributed by atoms with Crippen LogP contribution in [0.4, 0.5) is 5.69 Å². The van der Waals surface area contributed by atoms with Gasteiger partial charge in [-0.05, 0) is 30.7 Å². The molecule has 0 fully saturated rings. The Morgan fingerprint density at radius 3 is 2.20 bits per heavy atom. The largest absolute Gasteiger partial charge is 0.293 e. The predicted octanol–water partition coefficient (Wildman–Crippen LogP) is 4.58. The van der Waals surface area contributed by atoms with Gasteiger partial charge < -0.3 is 0 Å². The second-order valence-electron chi connectivity index (χ2n) is 6.23. The maximum Gasteiger partial charge on any atom is 0.259 e. The molecule has 1 amide bonds. The zero-order valence-electron chi connectivity index (χ0n) is 13.8. The van der Waals surface area contributed by atoms with Crippen LogP contribution in [0.1, 0.15) is 37.9 Å². The molecule has 122 valence electrons. The molecule has 1 atom stereocenters. The highest BCUT2D eigenvalue weighted by Gasteiger charge is 2.41. The molecule has 3 nitrogen and oxygen atoms in total. The van der Waals surface area contributed by atoms with Crippen molar-refractivity contribution in [3.05, 3.63) is 101 Å². The SMILES string of the molecule is Cc1ccc(C(=O)C2c3ccccc3C(=O)N2c2ccccc2)cc1. The Kier molecular flexibility index (Phi) is 3.69. The molecule has 25 heavy (non-hydrogen) atoms. The van der Waals surface area contributed by atoms with Crippen LogP contribution in [-0.4, -0.2) is 11.7 Å². The van der Waals surface area contributed by atoms with E-state index in [0.29, 0.717) is 11.1 Å². The summed E-state index contributed by atoms with van der Waals surface area (Å²) < 4.78 is 0. The van der Waals surface area contributed by atoms with Crippen LogP contribution in [0.15, 0.2) is 78.9 Å². The van der Waals surface area contributed by atoms with Crippen LogP contribution in [0.2, 0.25) is 0 Å². The van der Waals surface area contributed by atoms with E-state index in [1.54, 1.807) is 11.0 Å². The van der Waals surface area contributed by atoms with Gasteiger partial charge in [0.2, 0.25) is 0 Å². The second-order valence-corrected chi connectivity index (χ2v) is 6.23. The average molecular weight is 327 g/mol. The Labute approximate surface area is 146 Å². The summed E-state index contributed by atoms with van der Waals surface area (Å²) in [6.45, 7) is 1.99. The number of ketones is 1. The number of aryl methyl sites for hydroxylation is 1. The maximum absolute atomic E-state index is 13.3. The molecule has 3 aromatic carbocycles. The smallest absolute Gasteiger partial charge is 0.259 e. The Morgan fingerprint density at radius 1 is 0.840 bits per heavy atom. The zero-order chi connectivity index (χ0) is 17.4. The zero-order valence-corrected chi connectivity index (χ0v) is 13.8. The third-order valence-corrected chi connectivity index (χ3v) is 4.58. The molecule has 0 saturated carbocycles. The highest BCUT2D eigenvalue weighted by molar-refractivity contribution is 6.18. The number of rotatable bonds is 3. The molecule has 1 aliphatic rings. The number of hydrogen-bond acceptors (Lipinski definition) is 2. The topological polar surface area (TPSA) is 37.4 Å². The quantitative estimate of drug-likeness (QED) is 0.660. The lowest BCUT2D eigenvalue weighted by Gasteiger charge is -2.24. The molecule has 0 aliphatic carbocycles. The fraction of sp³-hybridized carbons (Fsp3) is 0.0909. The monoisotopic (exact) mass is 327 g/mol. The van der Waals surface area contributed by atoms with Gasteiger partial charge in [-0.25, -0.2) is 0 Å². The molecule has 3 heteroatoms. The minimum atomic E-state index is -0.631. The van der Waals surface area contributed by atoms with Crippen molar-refractivity contribution < 1.29 is 9.59 Å². The lowest BCUT2D eigenvalue weighted by Crippen LogP contribution is -2.32. The van der Waals surface area contributed by atoms with Crippen LogP contribution >= 0.6 is 0 Å². The second kappa shape index (κ2) is 6.02. The summed E-state index contributed by atoms with van der Waals surface area (Å²) >= 11 is 0. The van der Waals surface area contributed by atoms with E-state index >= 15 is 0 Å². The molecule has 3 aromatic rings. The first-order valence-electron chi connectivity index (χ1n) is 8.25.